The fourth-order valence-corrected chi connectivity index (χ4v) is 4.38. The average Bonchev–Trinajstić information content (AvgIpc) is 3.36. The van der Waals surface area contributed by atoms with Gasteiger partial charge in [0.2, 0.25) is 16.9 Å². The number of nitrogens with zero attached hydrogens (tertiary/aromatic N) is 3. The highest BCUT2D eigenvalue weighted by Crippen LogP contribution is 2.31. The van der Waals surface area contributed by atoms with Crippen LogP contribution in [0.5, 0.6) is 0 Å². The van der Waals surface area contributed by atoms with Crippen LogP contribution in [0.4, 0.5) is 10.8 Å². The van der Waals surface area contributed by atoms with Gasteiger partial charge in [-0.2, -0.15) is 0 Å². The van der Waals surface area contributed by atoms with E-state index in [0.717, 1.165) is 21.1 Å². The number of carbonyl (C=O) groups is 2. The van der Waals surface area contributed by atoms with Crippen molar-refractivity contribution in [3.8, 4) is 9.88 Å². The van der Waals surface area contributed by atoms with Crippen LogP contribution in [0.1, 0.15) is 12.0 Å². The number of benzene rings is 1. The summed E-state index contributed by atoms with van der Waals surface area (Å²) in [6.45, 7) is 2.38. The summed E-state index contributed by atoms with van der Waals surface area (Å²) in [6.07, 6.45) is 0.205. The molecule has 0 bridgehead atoms. The number of hydrogen-bond acceptors (Lipinski definition) is 6. The predicted octanol–water partition coefficient (Wildman–Crippen LogP) is 3.57. The molecule has 3 heterocycles. The lowest BCUT2D eigenvalue weighted by atomic mass is 10.1. The van der Waals surface area contributed by atoms with Gasteiger partial charge in [-0.15, -0.1) is 21.5 Å². The summed E-state index contributed by atoms with van der Waals surface area (Å²) in [5, 5.41) is 14.2. The van der Waals surface area contributed by atoms with Crippen molar-refractivity contribution in [1.29, 1.82) is 0 Å². The predicted molar refractivity (Wildman–Crippen MR) is 103 cm³/mol. The minimum atomic E-state index is -0.391. The maximum absolute atomic E-state index is 12.5. The molecule has 1 N–H and O–H groups in total. The van der Waals surface area contributed by atoms with Gasteiger partial charge < -0.3 is 10.2 Å². The Morgan fingerprint density at radius 3 is 2.77 bits per heavy atom. The fraction of sp³-hybridized carbons (Fsp3) is 0.222. The molecule has 8 heteroatoms. The van der Waals surface area contributed by atoms with Gasteiger partial charge in [-0.25, -0.2) is 0 Å². The lowest BCUT2D eigenvalue weighted by molar-refractivity contribution is -0.122. The van der Waals surface area contributed by atoms with E-state index in [1.807, 2.05) is 48.7 Å². The molecule has 132 valence electrons. The Bertz CT molecular complexity index is 935. The van der Waals surface area contributed by atoms with E-state index in [1.54, 1.807) is 16.2 Å². The van der Waals surface area contributed by atoms with Crippen molar-refractivity contribution in [3.05, 3.63) is 47.3 Å². The van der Waals surface area contributed by atoms with E-state index in [9.17, 15) is 9.59 Å². The molecule has 6 nitrogen and oxygen atoms in total. The Morgan fingerprint density at radius 1 is 1.23 bits per heavy atom. The fourth-order valence-electron chi connectivity index (χ4n) is 2.84. The molecule has 1 saturated heterocycles. The van der Waals surface area contributed by atoms with Gasteiger partial charge >= 0.3 is 0 Å². The molecule has 1 fully saturated rings. The molecule has 2 amide bonds. The summed E-state index contributed by atoms with van der Waals surface area (Å²) in [7, 11) is 0. The SMILES string of the molecule is Cc1ccc(N2CC(C(=O)Nc3nnc(-c4cccs4)s3)CC2=O)cc1. The van der Waals surface area contributed by atoms with E-state index in [0.29, 0.717) is 11.7 Å². The first kappa shape index (κ1) is 16.9. The molecule has 3 aromatic rings. The van der Waals surface area contributed by atoms with Crippen molar-refractivity contribution < 1.29 is 9.59 Å². The summed E-state index contributed by atoms with van der Waals surface area (Å²) in [4.78, 5) is 27.5. The Morgan fingerprint density at radius 2 is 2.04 bits per heavy atom. The number of thiophene rings is 1. The third-order valence-electron chi connectivity index (χ3n) is 4.23. The Hall–Kier alpha value is -2.58. The zero-order valence-corrected chi connectivity index (χ0v) is 15.6. The smallest absolute Gasteiger partial charge is 0.231 e. The summed E-state index contributed by atoms with van der Waals surface area (Å²) in [5.74, 6) is -0.620. The van der Waals surface area contributed by atoms with E-state index >= 15 is 0 Å². The number of aromatic nitrogens is 2. The molecule has 1 aromatic carbocycles. The van der Waals surface area contributed by atoms with Crippen molar-refractivity contribution in [2.75, 3.05) is 16.8 Å². The molecule has 26 heavy (non-hydrogen) atoms. The average molecular weight is 384 g/mol. The number of nitrogens with one attached hydrogen (secondary N) is 1. The van der Waals surface area contributed by atoms with Crippen molar-refractivity contribution in [2.24, 2.45) is 5.92 Å². The van der Waals surface area contributed by atoms with Crippen molar-refractivity contribution in [1.82, 2.24) is 10.2 Å². The molecule has 1 aliphatic rings. The van der Waals surface area contributed by atoms with Crippen LogP contribution in [0, 0.1) is 12.8 Å². The van der Waals surface area contributed by atoms with Crippen molar-refractivity contribution in [2.45, 2.75) is 13.3 Å². The van der Waals surface area contributed by atoms with Gasteiger partial charge in [0, 0.05) is 18.7 Å². The van der Waals surface area contributed by atoms with Crippen LogP contribution in [-0.4, -0.2) is 28.6 Å². The highest BCUT2D eigenvalue weighted by atomic mass is 32.1. The third kappa shape index (κ3) is 3.38. The maximum atomic E-state index is 12.5. The van der Waals surface area contributed by atoms with Gasteiger partial charge in [0.05, 0.1) is 10.8 Å². The molecule has 2 aromatic heterocycles. The minimum Gasteiger partial charge on any atom is -0.312 e. The second kappa shape index (κ2) is 6.97. The molecule has 4 rings (SSSR count). The third-order valence-corrected chi connectivity index (χ3v) is 6.11. The molecule has 1 aliphatic heterocycles. The second-order valence-corrected chi connectivity index (χ2v) is 8.05. The minimum absolute atomic E-state index is 0.0365. The van der Waals surface area contributed by atoms with Crippen LogP contribution >= 0.6 is 22.7 Å². The molecular formula is C18H16N4O2S2. The molecule has 1 unspecified atom stereocenters. The summed E-state index contributed by atoms with van der Waals surface area (Å²) in [5.41, 5.74) is 1.96. The first-order valence-electron chi connectivity index (χ1n) is 8.15. The van der Waals surface area contributed by atoms with Crippen LogP contribution in [0.2, 0.25) is 0 Å². The Kier molecular flexibility index (Phi) is 4.52. The molecule has 0 spiro atoms. The second-order valence-electron chi connectivity index (χ2n) is 6.12. The van der Waals surface area contributed by atoms with Gasteiger partial charge in [-0.1, -0.05) is 35.1 Å². The number of amides is 2. The Labute approximate surface area is 158 Å². The summed E-state index contributed by atoms with van der Waals surface area (Å²) >= 11 is 2.91. The standard InChI is InChI=1S/C18H16N4O2S2/c1-11-4-6-13(7-5-11)22-10-12(9-15(22)23)16(24)19-18-21-20-17(26-18)14-3-2-8-25-14/h2-8,12H,9-10H2,1H3,(H,19,21,24). The van der Waals surface area contributed by atoms with Crippen LogP contribution in [0.15, 0.2) is 41.8 Å². The molecule has 0 radical (unpaired) electrons. The highest BCUT2D eigenvalue weighted by molar-refractivity contribution is 7.23. The van der Waals surface area contributed by atoms with E-state index in [2.05, 4.69) is 15.5 Å². The highest BCUT2D eigenvalue weighted by Gasteiger charge is 2.35. The lowest BCUT2D eigenvalue weighted by Crippen LogP contribution is -2.28. The zero-order valence-electron chi connectivity index (χ0n) is 14.0. The van der Waals surface area contributed by atoms with Gasteiger partial charge in [0.15, 0.2) is 5.01 Å². The largest absolute Gasteiger partial charge is 0.312 e. The van der Waals surface area contributed by atoms with E-state index in [-0.39, 0.29) is 18.2 Å². The number of anilines is 2. The first-order valence-corrected chi connectivity index (χ1v) is 9.85. The summed E-state index contributed by atoms with van der Waals surface area (Å²) in [6, 6.07) is 11.7. The topological polar surface area (TPSA) is 75.2 Å². The van der Waals surface area contributed by atoms with Gasteiger partial charge in [-0.3, -0.25) is 9.59 Å². The maximum Gasteiger partial charge on any atom is 0.231 e. The molecule has 0 aliphatic carbocycles. The van der Waals surface area contributed by atoms with Gasteiger partial charge in [-0.05, 0) is 30.5 Å². The van der Waals surface area contributed by atoms with Crippen LogP contribution in [0.25, 0.3) is 9.88 Å². The summed E-state index contributed by atoms with van der Waals surface area (Å²) < 4.78 is 0. The normalized spacial score (nSPS) is 16.9. The zero-order chi connectivity index (χ0) is 18.1. The molecule has 1 atom stereocenters. The number of carbonyl (C=O) groups excluding carboxylic acids is 2. The van der Waals surface area contributed by atoms with Crippen LogP contribution in [0.3, 0.4) is 0 Å². The van der Waals surface area contributed by atoms with Gasteiger partial charge in [0.1, 0.15) is 0 Å². The van der Waals surface area contributed by atoms with E-state index in [4.69, 9.17) is 0 Å². The van der Waals surface area contributed by atoms with E-state index < -0.39 is 5.92 Å². The molecule has 0 saturated carbocycles. The lowest BCUT2D eigenvalue weighted by Gasteiger charge is -2.16. The van der Waals surface area contributed by atoms with Crippen LogP contribution in [-0.2, 0) is 9.59 Å². The quantitative estimate of drug-likeness (QED) is 0.746. The number of rotatable bonds is 4. The van der Waals surface area contributed by atoms with E-state index in [1.165, 1.54) is 11.3 Å². The first-order chi connectivity index (χ1) is 12.6. The van der Waals surface area contributed by atoms with Crippen molar-refractivity contribution >= 4 is 45.3 Å². The monoisotopic (exact) mass is 384 g/mol. The van der Waals surface area contributed by atoms with Gasteiger partial charge in [0.25, 0.3) is 0 Å². The number of aryl methyl sites for hydroxylation is 1. The van der Waals surface area contributed by atoms with Crippen LogP contribution < -0.4 is 10.2 Å². The van der Waals surface area contributed by atoms with Crippen molar-refractivity contribution in [3.63, 3.8) is 0 Å². The Balaban J connectivity index is 1.43. The molecular weight excluding hydrogens is 368 g/mol. The number of hydrogen-bond donors (Lipinski definition) is 1.